The molecule has 6 nitrogen and oxygen atoms in total. The maximum absolute atomic E-state index is 13.2. The third-order valence-corrected chi connectivity index (χ3v) is 6.49. The van der Waals surface area contributed by atoms with Gasteiger partial charge in [0.1, 0.15) is 18.2 Å². The maximum Gasteiger partial charge on any atom is 0.232 e. The average Bonchev–Trinajstić information content (AvgIpc) is 3.19. The molecule has 0 fully saturated rings. The van der Waals surface area contributed by atoms with Crippen LogP contribution in [0.2, 0.25) is 0 Å². The third-order valence-electron chi connectivity index (χ3n) is 6.49. The molecule has 0 bridgehead atoms. The molecule has 5 rings (SSSR count). The Balaban J connectivity index is 1.36. The molecule has 0 aromatic heterocycles. The topological polar surface area (TPSA) is 57.2 Å². The zero-order chi connectivity index (χ0) is 24.5. The van der Waals surface area contributed by atoms with Crippen molar-refractivity contribution < 1.29 is 23.7 Å². The van der Waals surface area contributed by atoms with E-state index in [0.29, 0.717) is 36.1 Å². The van der Waals surface area contributed by atoms with E-state index in [-0.39, 0.29) is 5.78 Å². The number of Topliss-reactive ketones (excluding diaryl/α,β-unsaturated/α-hetero) is 1. The van der Waals surface area contributed by atoms with Crippen molar-refractivity contribution in [1.29, 1.82) is 0 Å². The van der Waals surface area contributed by atoms with Gasteiger partial charge < -0.3 is 18.9 Å². The van der Waals surface area contributed by atoms with Gasteiger partial charge in [0.2, 0.25) is 5.78 Å². The van der Waals surface area contributed by atoms with E-state index in [2.05, 4.69) is 4.90 Å². The number of carbonyl (C=O) groups is 1. The highest BCUT2D eigenvalue weighted by Crippen LogP contribution is 2.44. The van der Waals surface area contributed by atoms with Crippen LogP contribution in [0, 0.1) is 13.8 Å². The van der Waals surface area contributed by atoms with Crippen molar-refractivity contribution in [1.82, 2.24) is 4.90 Å². The highest BCUT2D eigenvalue weighted by atomic mass is 16.5. The van der Waals surface area contributed by atoms with Crippen molar-refractivity contribution in [2.75, 3.05) is 27.5 Å². The summed E-state index contributed by atoms with van der Waals surface area (Å²) in [5.41, 5.74) is 5.65. The smallest absolute Gasteiger partial charge is 0.232 e. The molecule has 0 radical (unpaired) electrons. The van der Waals surface area contributed by atoms with Crippen molar-refractivity contribution in [3.63, 3.8) is 0 Å². The number of methoxy groups -OCH3 is 2. The van der Waals surface area contributed by atoms with E-state index >= 15 is 0 Å². The van der Waals surface area contributed by atoms with E-state index in [1.165, 1.54) is 0 Å². The largest absolute Gasteiger partial charge is 0.493 e. The minimum atomic E-state index is -0.0794. The number of aryl methyl sites for hydroxylation is 2. The quantitative estimate of drug-likeness (QED) is 0.453. The SMILES string of the molecule is COc1ccc(CCN2COc3cc(C)c4c(c3C2)O/C(=C/c2cccc(C)c2)C4=O)cc1OC. The molecule has 0 unspecified atom stereocenters. The fourth-order valence-electron chi connectivity index (χ4n) is 4.65. The number of nitrogens with zero attached hydrogens (tertiary/aromatic N) is 1. The normalized spacial score (nSPS) is 15.9. The first kappa shape index (κ1) is 23.0. The number of benzene rings is 3. The van der Waals surface area contributed by atoms with Gasteiger partial charge in [-0.15, -0.1) is 0 Å². The number of hydrogen-bond donors (Lipinski definition) is 0. The van der Waals surface area contributed by atoms with Crippen LogP contribution in [0.4, 0.5) is 0 Å². The summed E-state index contributed by atoms with van der Waals surface area (Å²) in [5, 5.41) is 0. The molecule has 0 N–H and O–H groups in total. The second kappa shape index (κ2) is 9.47. The zero-order valence-electron chi connectivity index (χ0n) is 20.5. The van der Waals surface area contributed by atoms with Crippen LogP contribution in [0.1, 0.15) is 38.2 Å². The lowest BCUT2D eigenvalue weighted by atomic mass is 9.98. The predicted octanol–water partition coefficient (Wildman–Crippen LogP) is 5.33. The van der Waals surface area contributed by atoms with Gasteiger partial charge in [-0.1, -0.05) is 35.9 Å². The molecule has 0 aliphatic carbocycles. The van der Waals surface area contributed by atoms with Crippen LogP contribution < -0.4 is 18.9 Å². The Morgan fingerprint density at radius 3 is 2.63 bits per heavy atom. The second-order valence-electron chi connectivity index (χ2n) is 8.99. The number of ketones is 1. The number of carbonyl (C=O) groups excluding carboxylic acids is 1. The van der Waals surface area contributed by atoms with Crippen LogP contribution in [-0.4, -0.2) is 38.2 Å². The van der Waals surface area contributed by atoms with E-state index in [9.17, 15) is 4.79 Å². The summed E-state index contributed by atoms with van der Waals surface area (Å²) in [6.07, 6.45) is 2.64. The lowest BCUT2D eigenvalue weighted by Gasteiger charge is -2.30. The van der Waals surface area contributed by atoms with Crippen LogP contribution in [0.25, 0.3) is 6.08 Å². The van der Waals surface area contributed by atoms with E-state index < -0.39 is 0 Å². The van der Waals surface area contributed by atoms with E-state index in [4.69, 9.17) is 18.9 Å². The number of rotatable bonds is 6. The molecule has 0 atom stereocenters. The summed E-state index contributed by atoms with van der Waals surface area (Å²) in [7, 11) is 3.27. The number of hydrogen-bond acceptors (Lipinski definition) is 6. The summed E-state index contributed by atoms with van der Waals surface area (Å²) >= 11 is 0. The molecule has 3 aromatic carbocycles. The van der Waals surface area contributed by atoms with Gasteiger partial charge in [0.05, 0.1) is 25.3 Å². The van der Waals surface area contributed by atoms with Gasteiger partial charge in [0.25, 0.3) is 0 Å². The van der Waals surface area contributed by atoms with Gasteiger partial charge in [-0.25, -0.2) is 0 Å². The van der Waals surface area contributed by atoms with Crippen LogP contribution >= 0.6 is 0 Å². The number of allylic oxidation sites excluding steroid dienone is 1. The van der Waals surface area contributed by atoms with Crippen LogP contribution in [0.3, 0.4) is 0 Å². The van der Waals surface area contributed by atoms with Crippen LogP contribution in [0.15, 0.2) is 54.3 Å². The summed E-state index contributed by atoms with van der Waals surface area (Å²) in [6, 6.07) is 15.9. The van der Waals surface area contributed by atoms with Crippen LogP contribution in [0.5, 0.6) is 23.0 Å². The minimum absolute atomic E-state index is 0.0794. The molecule has 6 heteroatoms. The van der Waals surface area contributed by atoms with Gasteiger partial charge >= 0.3 is 0 Å². The van der Waals surface area contributed by atoms with Crippen LogP contribution in [-0.2, 0) is 13.0 Å². The minimum Gasteiger partial charge on any atom is -0.493 e. The Bertz CT molecular complexity index is 1330. The van der Waals surface area contributed by atoms with Gasteiger partial charge in [-0.2, -0.15) is 0 Å². The molecule has 0 saturated heterocycles. The number of ether oxygens (including phenoxy) is 4. The van der Waals surface area contributed by atoms with Crippen molar-refractivity contribution in [3.8, 4) is 23.0 Å². The fourth-order valence-corrected chi connectivity index (χ4v) is 4.65. The van der Waals surface area contributed by atoms with Gasteiger partial charge in [-0.05, 0) is 61.2 Å². The standard InChI is InChI=1S/C29H29NO5/c1-18-6-5-7-21(12-18)15-26-28(31)27-19(2)13-24-22(29(27)35-26)16-30(17-34-24)11-10-20-8-9-23(32-3)25(14-20)33-4/h5-9,12-15H,10-11,16-17H2,1-4H3/b26-15+. The highest BCUT2D eigenvalue weighted by Gasteiger charge is 2.35. The fraction of sp³-hybridized carbons (Fsp3) is 0.276. The van der Waals surface area contributed by atoms with Crippen molar-refractivity contribution in [2.24, 2.45) is 0 Å². The van der Waals surface area contributed by atoms with Gasteiger partial charge in [-0.3, -0.25) is 9.69 Å². The summed E-state index contributed by atoms with van der Waals surface area (Å²) in [6.45, 7) is 5.89. The Morgan fingerprint density at radius 2 is 1.86 bits per heavy atom. The zero-order valence-corrected chi connectivity index (χ0v) is 20.5. The van der Waals surface area contributed by atoms with Gasteiger partial charge in [0, 0.05) is 13.1 Å². The van der Waals surface area contributed by atoms with Crippen molar-refractivity contribution in [2.45, 2.75) is 26.8 Å². The van der Waals surface area contributed by atoms with E-state index in [1.807, 2.05) is 68.5 Å². The van der Waals surface area contributed by atoms with Crippen molar-refractivity contribution >= 4 is 11.9 Å². The first-order chi connectivity index (χ1) is 17.0. The van der Waals surface area contributed by atoms with Gasteiger partial charge in [0.15, 0.2) is 17.3 Å². The monoisotopic (exact) mass is 471 g/mol. The van der Waals surface area contributed by atoms with E-state index in [1.54, 1.807) is 14.2 Å². The Hall–Kier alpha value is -3.77. The molecular formula is C29H29NO5. The lowest BCUT2D eigenvalue weighted by Crippen LogP contribution is -2.34. The molecule has 0 amide bonds. The molecule has 2 heterocycles. The molecular weight excluding hydrogens is 442 g/mol. The molecule has 0 spiro atoms. The first-order valence-corrected chi connectivity index (χ1v) is 11.7. The molecule has 2 aliphatic heterocycles. The highest BCUT2D eigenvalue weighted by molar-refractivity contribution is 6.15. The molecule has 180 valence electrons. The average molecular weight is 472 g/mol. The predicted molar refractivity (Wildman–Crippen MR) is 134 cm³/mol. The summed E-state index contributed by atoms with van der Waals surface area (Å²) < 4.78 is 23.0. The Morgan fingerprint density at radius 1 is 1.03 bits per heavy atom. The summed E-state index contributed by atoms with van der Waals surface area (Å²) in [5.74, 6) is 3.12. The second-order valence-corrected chi connectivity index (χ2v) is 8.99. The first-order valence-electron chi connectivity index (χ1n) is 11.7. The molecule has 0 saturated carbocycles. The third kappa shape index (κ3) is 4.49. The van der Waals surface area contributed by atoms with Crippen molar-refractivity contribution in [3.05, 3.63) is 87.7 Å². The lowest BCUT2D eigenvalue weighted by molar-refractivity contribution is 0.0949. The summed E-state index contributed by atoms with van der Waals surface area (Å²) in [4.78, 5) is 15.4. The number of fused-ring (bicyclic) bond motifs is 3. The van der Waals surface area contributed by atoms with E-state index in [0.717, 1.165) is 52.3 Å². The molecule has 2 aliphatic rings. The Kier molecular flexibility index (Phi) is 6.22. The molecule has 35 heavy (non-hydrogen) atoms. The maximum atomic E-state index is 13.2. The molecule has 3 aromatic rings. The Labute approximate surface area is 205 Å².